The van der Waals surface area contributed by atoms with Crippen LogP contribution in [0.4, 0.5) is 0 Å². The van der Waals surface area contributed by atoms with E-state index in [0.717, 1.165) is 16.8 Å². The summed E-state index contributed by atoms with van der Waals surface area (Å²) in [5.74, 6) is -1.24. The molecule has 1 atom stereocenters. The van der Waals surface area contributed by atoms with Gasteiger partial charge < -0.3 is 15.2 Å². The van der Waals surface area contributed by atoms with E-state index in [-0.39, 0.29) is 0 Å². The summed E-state index contributed by atoms with van der Waals surface area (Å²) >= 11 is 0. The normalized spacial score (nSPS) is 11.9. The fourth-order valence-electron chi connectivity index (χ4n) is 2.75. The van der Waals surface area contributed by atoms with Crippen LogP contribution in [0.5, 0.6) is 0 Å². The number of nitrogens with zero attached hydrogens (tertiary/aromatic N) is 2. The summed E-state index contributed by atoms with van der Waals surface area (Å²) in [6, 6.07) is 18.2. The summed E-state index contributed by atoms with van der Waals surface area (Å²) in [5, 5.41) is 16.3. The van der Waals surface area contributed by atoms with Crippen molar-refractivity contribution in [3.8, 4) is 16.9 Å². The third-order valence-corrected chi connectivity index (χ3v) is 4.21. The number of methoxy groups -OCH3 is 1. The summed E-state index contributed by atoms with van der Waals surface area (Å²) in [4.78, 5) is 23.7. The van der Waals surface area contributed by atoms with Gasteiger partial charge in [-0.3, -0.25) is 4.79 Å². The van der Waals surface area contributed by atoms with Gasteiger partial charge in [-0.25, -0.2) is 9.48 Å². The minimum absolute atomic E-state index is 0.527. The minimum atomic E-state index is -1.11. The van der Waals surface area contributed by atoms with Gasteiger partial charge in [-0.1, -0.05) is 48.5 Å². The lowest BCUT2D eigenvalue weighted by Gasteiger charge is -2.11. The number of aromatic nitrogens is 2. The Labute approximate surface area is 168 Å². The van der Waals surface area contributed by atoms with Crippen LogP contribution in [0.3, 0.4) is 0 Å². The third-order valence-electron chi connectivity index (χ3n) is 4.21. The minimum Gasteiger partial charge on any atom is -0.467 e. The Balaban J connectivity index is 1.89. The van der Waals surface area contributed by atoms with Crippen molar-refractivity contribution in [2.24, 2.45) is 0 Å². The summed E-state index contributed by atoms with van der Waals surface area (Å²) in [5.41, 5.74) is 3.24. The highest BCUT2D eigenvalue weighted by Crippen LogP contribution is 2.24. The first-order valence-corrected chi connectivity index (χ1v) is 9.00. The smallest absolute Gasteiger partial charge is 0.330 e. The van der Waals surface area contributed by atoms with Gasteiger partial charge in [-0.05, 0) is 18.2 Å². The lowest BCUT2D eigenvalue weighted by Crippen LogP contribution is -2.43. The number of amides is 1. The van der Waals surface area contributed by atoms with Crippen molar-refractivity contribution in [3.05, 3.63) is 78.5 Å². The maximum Gasteiger partial charge on any atom is 0.330 e. The highest BCUT2D eigenvalue weighted by atomic mass is 16.5. The van der Waals surface area contributed by atoms with Gasteiger partial charge in [0.25, 0.3) is 0 Å². The Morgan fingerprint density at radius 3 is 2.41 bits per heavy atom. The van der Waals surface area contributed by atoms with Crippen molar-refractivity contribution in [1.82, 2.24) is 15.1 Å². The van der Waals surface area contributed by atoms with Crippen molar-refractivity contribution in [3.63, 3.8) is 0 Å². The van der Waals surface area contributed by atoms with Crippen LogP contribution < -0.4 is 5.32 Å². The first-order valence-electron chi connectivity index (χ1n) is 9.00. The molecule has 2 aromatic carbocycles. The Kier molecular flexibility index (Phi) is 6.55. The second kappa shape index (κ2) is 9.48. The molecule has 0 unspecified atom stereocenters. The van der Waals surface area contributed by atoms with Crippen LogP contribution in [-0.2, 0) is 14.3 Å². The molecule has 0 fully saturated rings. The molecule has 1 heterocycles. The molecule has 0 bridgehead atoms. The first kappa shape index (κ1) is 20.0. The highest BCUT2D eigenvalue weighted by Gasteiger charge is 2.19. The molecule has 0 aliphatic rings. The van der Waals surface area contributed by atoms with Gasteiger partial charge in [-0.2, -0.15) is 5.10 Å². The first-order chi connectivity index (χ1) is 14.1. The largest absolute Gasteiger partial charge is 0.467 e. The monoisotopic (exact) mass is 391 g/mol. The molecule has 29 heavy (non-hydrogen) atoms. The number of carbonyl (C=O) groups excluding carboxylic acids is 2. The number of ether oxygens (including phenoxy) is 1. The van der Waals surface area contributed by atoms with E-state index in [0.29, 0.717) is 5.69 Å². The molecule has 0 saturated carbocycles. The molecule has 7 heteroatoms. The molecule has 7 nitrogen and oxygen atoms in total. The molecule has 0 saturated heterocycles. The number of nitrogens with one attached hydrogen (secondary N) is 1. The predicted octanol–water partition coefficient (Wildman–Crippen LogP) is 2.20. The number of rotatable bonds is 7. The predicted molar refractivity (Wildman–Crippen MR) is 109 cm³/mol. The Morgan fingerprint density at radius 1 is 1.14 bits per heavy atom. The molecule has 0 aliphatic carbocycles. The van der Waals surface area contributed by atoms with Crippen LogP contribution in [0.2, 0.25) is 0 Å². The van der Waals surface area contributed by atoms with Crippen molar-refractivity contribution in [2.75, 3.05) is 13.7 Å². The van der Waals surface area contributed by atoms with E-state index in [2.05, 4.69) is 15.2 Å². The van der Waals surface area contributed by atoms with E-state index in [4.69, 9.17) is 0 Å². The second-order valence-electron chi connectivity index (χ2n) is 6.18. The lowest BCUT2D eigenvalue weighted by atomic mass is 10.1. The summed E-state index contributed by atoms with van der Waals surface area (Å²) in [6.07, 6.45) is 4.74. The van der Waals surface area contributed by atoms with Crippen LogP contribution in [0.25, 0.3) is 23.0 Å². The van der Waals surface area contributed by atoms with Crippen molar-refractivity contribution in [2.45, 2.75) is 6.04 Å². The third kappa shape index (κ3) is 4.97. The van der Waals surface area contributed by atoms with E-state index in [9.17, 15) is 14.7 Å². The van der Waals surface area contributed by atoms with Crippen LogP contribution >= 0.6 is 0 Å². The van der Waals surface area contributed by atoms with Crippen LogP contribution in [-0.4, -0.2) is 46.5 Å². The number of hydrogen-bond donors (Lipinski definition) is 2. The van der Waals surface area contributed by atoms with Crippen LogP contribution in [0.1, 0.15) is 5.56 Å². The molecule has 1 aromatic heterocycles. The highest BCUT2D eigenvalue weighted by molar-refractivity contribution is 5.95. The molecular weight excluding hydrogens is 370 g/mol. The van der Waals surface area contributed by atoms with Crippen molar-refractivity contribution in [1.29, 1.82) is 0 Å². The van der Waals surface area contributed by atoms with E-state index < -0.39 is 24.5 Å². The fourth-order valence-corrected chi connectivity index (χ4v) is 2.75. The van der Waals surface area contributed by atoms with Gasteiger partial charge >= 0.3 is 5.97 Å². The average Bonchev–Trinajstić information content (AvgIpc) is 3.21. The van der Waals surface area contributed by atoms with Gasteiger partial charge in [0.05, 0.1) is 25.1 Å². The fraction of sp³-hybridized carbons (Fsp3) is 0.136. The molecule has 3 aromatic rings. The molecule has 0 aliphatic heterocycles. The van der Waals surface area contributed by atoms with E-state index >= 15 is 0 Å². The summed E-state index contributed by atoms with van der Waals surface area (Å²) < 4.78 is 6.29. The maximum absolute atomic E-state index is 12.2. The molecular formula is C22H21N3O4. The maximum atomic E-state index is 12.2. The topological polar surface area (TPSA) is 93.5 Å². The zero-order valence-electron chi connectivity index (χ0n) is 15.9. The van der Waals surface area contributed by atoms with E-state index in [1.807, 2.05) is 66.9 Å². The molecule has 1 amide bonds. The van der Waals surface area contributed by atoms with E-state index in [1.54, 1.807) is 10.8 Å². The Hall–Kier alpha value is -3.71. The van der Waals surface area contributed by atoms with Gasteiger partial charge in [0, 0.05) is 23.4 Å². The second-order valence-corrected chi connectivity index (χ2v) is 6.18. The van der Waals surface area contributed by atoms with Crippen LogP contribution in [0, 0.1) is 0 Å². The quantitative estimate of drug-likeness (QED) is 0.476. The van der Waals surface area contributed by atoms with Gasteiger partial charge in [0.2, 0.25) is 5.91 Å². The van der Waals surface area contributed by atoms with Crippen molar-refractivity contribution >= 4 is 18.0 Å². The molecule has 0 spiro atoms. The number of aliphatic hydroxyl groups excluding tert-OH is 1. The number of aliphatic hydroxyl groups is 1. The number of hydrogen-bond acceptors (Lipinski definition) is 5. The van der Waals surface area contributed by atoms with Gasteiger partial charge in [0.1, 0.15) is 0 Å². The molecule has 3 rings (SSSR count). The van der Waals surface area contributed by atoms with Gasteiger partial charge in [0.15, 0.2) is 6.04 Å². The Bertz CT molecular complexity index is 997. The average molecular weight is 391 g/mol. The number of para-hydroxylation sites is 1. The lowest BCUT2D eigenvalue weighted by molar-refractivity contribution is -0.145. The molecule has 148 valence electrons. The summed E-state index contributed by atoms with van der Waals surface area (Å²) in [7, 11) is 1.19. The standard InChI is InChI=1S/C22H21N3O4/c1-29-22(28)19(15-26)23-20(27)13-12-17-14-25(18-10-6-3-7-11-18)24-21(17)16-8-4-2-5-9-16/h2-14,19,26H,15H2,1H3,(H,23,27)/b13-12+/t19-/m0/s1. The summed E-state index contributed by atoms with van der Waals surface area (Å²) in [6.45, 7) is -0.548. The zero-order valence-corrected chi connectivity index (χ0v) is 15.9. The molecule has 0 radical (unpaired) electrons. The SMILES string of the molecule is COC(=O)[C@H](CO)NC(=O)/C=C/c1cn(-c2ccccc2)nc1-c1ccccc1. The number of benzene rings is 2. The van der Waals surface area contributed by atoms with Gasteiger partial charge in [-0.15, -0.1) is 0 Å². The number of esters is 1. The molecule has 2 N–H and O–H groups in total. The Morgan fingerprint density at radius 2 is 1.79 bits per heavy atom. The van der Waals surface area contributed by atoms with E-state index in [1.165, 1.54) is 13.2 Å². The number of carbonyl (C=O) groups is 2. The zero-order chi connectivity index (χ0) is 20.6. The van der Waals surface area contributed by atoms with Crippen molar-refractivity contribution < 1.29 is 19.4 Å². The van der Waals surface area contributed by atoms with Crippen LogP contribution in [0.15, 0.2) is 72.9 Å².